The first-order chi connectivity index (χ1) is 14.6. The summed E-state index contributed by atoms with van der Waals surface area (Å²) in [5.74, 6) is 0.680. The maximum absolute atomic E-state index is 12.5. The number of benzene rings is 1. The van der Waals surface area contributed by atoms with Crippen molar-refractivity contribution in [1.29, 1.82) is 0 Å². The van der Waals surface area contributed by atoms with Crippen molar-refractivity contribution >= 4 is 29.6 Å². The van der Waals surface area contributed by atoms with Gasteiger partial charge < -0.3 is 9.64 Å². The Morgan fingerprint density at radius 2 is 2.03 bits per heavy atom. The number of tetrazole rings is 1. The highest BCUT2D eigenvalue weighted by Crippen LogP contribution is 2.23. The first-order valence-corrected chi connectivity index (χ1v) is 10.7. The molecule has 0 N–H and O–H groups in total. The van der Waals surface area contributed by atoms with Crippen LogP contribution in [0.2, 0.25) is 5.02 Å². The Balaban J connectivity index is 1.51. The molecule has 3 rings (SSSR count). The number of rotatable bonds is 7. The summed E-state index contributed by atoms with van der Waals surface area (Å²) < 4.78 is 5.33. The Morgan fingerprint density at radius 1 is 1.29 bits per heavy atom. The van der Waals surface area contributed by atoms with E-state index in [0.717, 1.165) is 17.5 Å². The lowest BCUT2D eigenvalue weighted by atomic mass is 9.94. The highest BCUT2D eigenvalue weighted by atomic mass is 35.5. The summed E-state index contributed by atoms with van der Waals surface area (Å²) in [5.41, 5.74) is 1.30. The molecule has 0 saturated carbocycles. The van der Waals surface area contributed by atoms with Crippen molar-refractivity contribution in [3.63, 3.8) is 0 Å². The molecule has 31 heavy (non-hydrogen) atoms. The molecule has 0 spiro atoms. The van der Waals surface area contributed by atoms with Crippen LogP contribution in [0.15, 0.2) is 24.3 Å². The molecule has 8 nitrogen and oxygen atoms in total. The molecule has 1 aromatic carbocycles. The van der Waals surface area contributed by atoms with E-state index in [-0.39, 0.29) is 11.9 Å². The highest BCUT2D eigenvalue weighted by Gasteiger charge is 2.30. The minimum absolute atomic E-state index is 0.0517. The number of carbonyl (C=O) groups is 2. The minimum atomic E-state index is -0.465. The summed E-state index contributed by atoms with van der Waals surface area (Å²) in [4.78, 5) is 27.6. The van der Waals surface area contributed by atoms with E-state index in [1.54, 1.807) is 30.0 Å². The van der Waals surface area contributed by atoms with Gasteiger partial charge in [0.15, 0.2) is 5.82 Å². The lowest BCUT2D eigenvalue weighted by Crippen LogP contribution is -2.49. The Hall–Kier alpha value is -2.74. The number of aromatic nitrogens is 4. The minimum Gasteiger partial charge on any atom is -0.460 e. The molecule has 1 amide bonds. The van der Waals surface area contributed by atoms with Crippen molar-refractivity contribution in [3.05, 3.63) is 46.2 Å². The predicted octanol–water partition coefficient (Wildman–Crippen LogP) is 3.28. The van der Waals surface area contributed by atoms with Gasteiger partial charge in [-0.15, -0.1) is 10.2 Å². The molecule has 0 atom stereocenters. The molecule has 0 unspecified atom stereocenters. The zero-order valence-electron chi connectivity index (χ0n) is 18.3. The average Bonchev–Trinajstić information content (AvgIpc) is 3.03. The van der Waals surface area contributed by atoms with Gasteiger partial charge >= 0.3 is 5.97 Å². The van der Waals surface area contributed by atoms with E-state index >= 15 is 0 Å². The van der Waals surface area contributed by atoms with Crippen LogP contribution in [0.5, 0.6) is 0 Å². The van der Waals surface area contributed by atoms with Crippen LogP contribution in [-0.2, 0) is 20.9 Å². The fourth-order valence-corrected chi connectivity index (χ4v) is 3.52. The van der Waals surface area contributed by atoms with Crippen molar-refractivity contribution in [2.45, 2.75) is 52.7 Å². The third-order valence-corrected chi connectivity index (χ3v) is 5.06. The summed E-state index contributed by atoms with van der Waals surface area (Å²) >= 11 is 6.14. The predicted molar refractivity (Wildman–Crippen MR) is 117 cm³/mol. The normalized spacial score (nSPS) is 14.7. The maximum Gasteiger partial charge on any atom is 0.306 e. The number of amides is 1. The van der Waals surface area contributed by atoms with Crippen molar-refractivity contribution in [1.82, 2.24) is 25.1 Å². The number of halogens is 1. The Kier molecular flexibility index (Phi) is 7.10. The largest absolute Gasteiger partial charge is 0.460 e. The smallest absolute Gasteiger partial charge is 0.306 e. The number of likely N-dealkylation sites (tertiary alicyclic amines) is 1. The summed E-state index contributed by atoms with van der Waals surface area (Å²) in [6.07, 6.45) is 4.46. The van der Waals surface area contributed by atoms with Crippen LogP contribution in [0.1, 0.15) is 50.6 Å². The third kappa shape index (κ3) is 6.89. The van der Waals surface area contributed by atoms with E-state index in [9.17, 15) is 9.59 Å². The second kappa shape index (κ2) is 9.60. The molecule has 166 valence electrons. The SMILES string of the molecule is Cc1nnn(Cc2cc(Cl)ccc2/C=C/C(=O)N2CC(CCC(=O)OC(C)(C)C)C2)n1. The molecule has 2 aromatic rings. The van der Waals surface area contributed by atoms with Crippen LogP contribution in [0.3, 0.4) is 0 Å². The Morgan fingerprint density at radius 3 is 2.68 bits per heavy atom. The molecular formula is C22H28ClN5O3. The van der Waals surface area contributed by atoms with Crippen LogP contribution in [0.4, 0.5) is 0 Å². The molecule has 1 saturated heterocycles. The van der Waals surface area contributed by atoms with Gasteiger partial charge in [0.05, 0.1) is 6.54 Å². The molecule has 1 aromatic heterocycles. The van der Waals surface area contributed by atoms with Crippen LogP contribution in [0, 0.1) is 12.8 Å². The second-order valence-corrected chi connectivity index (χ2v) is 9.21. The van der Waals surface area contributed by atoms with Gasteiger partial charge in [0.1, 0.15) is 5.60 Å². The third-order valence-electron chi connectivity index (χ3n) is 4.82. The average molecular weight is 446 g/mol. The zero-order chi connectivity index (χ0) is 22.6. The lowest BCUT2D eigenvalue weighted by Gasteiger charge is -2.38. The van der Waals surface area contributed by atoms with Gasteiger partial charge in [0, 0.05) is 30.6 Å². The van der Waals surface area contributed by atoms with Gasteiger partial charge in [-0.1, -0.05) is 17.7 Å². The lowest BCUT2D eigenvalue weighted by molar-refractivity contribution is -0.155. The maximum atomic E-state index is 12.5. The number of ether oxygens (including phenoxy) is 1. The quantitative estimate of drug-likeness (QED) is 0.480. The summed E-state index contributed by atoms with van der Waals surface area (Å²) in [6, 6.07) is 5.48. The van der Waals surface area contributed by atoms with Crippen LogP contribution >= 0.6 is 11.6 Å². The first kappa shape index (κ1) is 22.9. The molecule has 0 bridgehead atoms. The Labute approximate surface area is 187 Å². The first-order valence-electron chi connectivity index (χ1n) is 10.3. The monoisotopic (exact) mass is 445 g/mol. The van der Waals surface area contributed by atoms with E-state index in [2.05, 4.69) is 15.4 Å². The zero-order valence-corrected chi connectivity index (χ0v) is 19.1. The van der Waals surface area contributed by atoms with Gasteiger partial charge in [-0.05, 0) is 74.6 Å². The topological polar surface area (TPSA) is 90.2 Å². The van der Waals surface area contributed by atoms with Crippen LogP contribution in [0.25, 0.3) is 6.08 Å². The number of carbonyl (C=O) groups excluding carboxylic acids is 2. The fourth-order valence-electron chi connectivity index (χ4n) is 3.33. The standard InChI is InChI=1S/C22H28ClN5O3/c1-15-24-26-28(25-15)14-18-11-19(23)8-6-17(18)7-9-20(29)27-12-16(13-27)5-10-21(30)31-22(2,3)4/h6-9,11,16H,5,10,12-14H2,1-4H3/b9-7+. The van der Waals surface area contributed by atoms with Crippen molar-refractivity contribution in [3.8, 4) is 0 Å². The van der Waals surface area contributed by atoms with Crippen LogP contribution < -0.4 is 0 Å². The van der Waals surface area contributed by atoms with Crippen LogP contribution in [-0.4, -0.2) is 55.7 Å². The van der Waals surface area contributed by atoms with Gasteiger partial charge in [0.25, 0.3) is 0 Å². The van der Waals surface area contributed by atoms with Crippen molar-refractivity contribution < 1.29 is 14.3 Å². The molecule has 1 fully saturated rings. The second-order valence-electron chi connectivity index (χ2n) is 8.78. The molecular weight excluding hydrogens is 418 g/mol. The van der Waals surface area contributed by atoms with E-state index < -0.39 is 5.60 Å². The van der Waals surface area contributed by atoms with Crippen molar-refractivity contribution in [2.24, 2.45) is 5.92 Å². The Bertz CT molecular complexity index is 974. The molecule has 9 heteroatoms. The molecule has 0 radical (unpaired) electrons. The van der Waals surface area contributed by atoms with E-state index in [1.807, 2.05) is 32.9 Å². The number of aryl methyl sites for hydroxylation is 1. The summed E-state index contributed by atoms with van der Waals surface area (Å²) in [5, 5.41) is 12.7. The number of hydrogen-bond acceptors (Lipinski definition) is 6. The molecule has 1 aliphatic heterocycles. The van der Waals surface area contributed by atoms with E-state index in [0.29, 0.717) is 42.8 Å². The van der Waals surface area contributed by atoms with Gasteiger partial charge in [0.2, 0.25) is 5.91 Å². The molecule has 0 aliphatic carbocycles. The fraction of sp³-hybridized carbons (Fsp3) is 0.500. The van der Waals surface area contributed by atoms with Crippen molar-refractivity contribution in [2.75, 3.05) is 13.1 Å². The van der Waals surface area contributed by atoms with Gasteiger partial charge in [-0.2, -0.15) is 4.80 Å². The highest BCUT2D eigenvalue weighted by molar-refractivity contribution is 6.30. The van der Waals surface area contributed by atoms with Gasteiger partial charge in [-0.3, -0.25) is 9.59 Å². The number of nitrogens with zero attached hydrogens (tertiary/aromatic N) is 5. The molecule has 1 aliphatic rings. The number of hydrogen-bond donors (Lipinski definition) is 0. The van der Waals surface area contributed by atoms with E-state index in [4.69, 9.17) is 16.3 Å². The summed E-state index contributed by atoms with van der Waals surface area (Å²) in [6.45, 7) is 9.06. The molecule has 2 heterocycles. The number of esters is 1. The summed E-state index contributed by atoms with van der Waals surface area (Å²) in [7, 11) is 0. The van der Waals surface area contributed by atoms with Gasteiger partial charge in [-0.25, -0.2) is 0 Å². The van der Waals surface area contributed by atoms with E-state index in [1.165, 1.54) is 4.80 Å².